The Morgan fingerprint density at radius 2 is 1.65 bits per heavy atom. The number of alkyl halides is 6. The molecule has 1 N–H and O–H groups in total. The Balaban J connectivity index is 1.65. The fraction of sp³-hybridized carbons (Fsp3) is 0.148. The van der Waals surface area contributed by atoms with Crippen molar-refractivity contribution in [1.82, 2.24) is 15.0 Å². The molecule has 0 saturated carbocycles. The maximum atomic E-state index is 13.1. The van der Waals surface area contributed by atoms with Crippen LogP contribution in [0.4, 0.5) is 38.0 Å². The molecule has 0 aliphatic carbocycles. The highest BCUT2D eigenvalue weighted by Gasteiger charge is 2.31. The number of halogens is 6. The van der Waals surface area contributed by atoms with Crippen LogP contribution < -0.4 is 10.1 Å². The maximum absolute atomic E-state index is 13.1. The molecule has 0 amide bonds. The molecule has 4 aromatic rings. The molecule has 0 saturated heterocycles. The predicted molar refractivity (Wildman–Crippen MR) is 131 cm³/mol. The summed E-state index contributed by atoms with van der Waals surface area (Å²) in [5, 5.41) is 11.6. The Labute approximate surface area is 223 Å². The van der Waals surface area contributed by atoms with Crippen LogP contribution in [0.5, 0.6) is 6.01 Å². The summed E-state index contributed by atoms with van der Waals surface area (Å²) in [6.07, 6.45) is -9.40. The van der Waals surface area contributed by atoms with E-state index in [1.165, 1.54) is 24.3 Å². The van der Waals surface area contributed by atoms with Crippen molar-refractivity contribution in [3.05, 3.63) is 95.1 Å². The molecule has 1 aromatic heterocycles. The zero-order valence-corrected chi connectivity index (χ0v) is 20.2. The van der Waals surface area contributed by atoms with Crippen molar-refractivity contribution in [2.45, 2.75) is 18.8 Å². The van der Waals surface area contributed by atoms with Crippen molar-refractivity contribution in [1.29, 1.82) is 5.26 Å². The van der Waals surface area contributed by atoms with Gasteiger partial charge in [0.1, 0.15) is 0 Å². The molecule has 0 aliphatic rings. The van der Waals surface area contributed by atoms with E-state index in [1.807, 2.05) is 6.07 Å². The van der Waals surface area contributed by atoms with Crippen molar-refractivity contribution in [2.75, 3.05) is 11.9 Å². The second kappa shape index (κ2) is 11.4. The van der Waals surface area contributed by atoms with Crippen molar-refractivity contribution >= 4 is 17.4 Å². The van der Waals surface area contributed by atoms with Gasteiger partial charge in [-0.05, 0) is 42.0 Å². The van der Waals surface area contributed by atoms with Crippen molar-refractivity contribution in [3.8, 4) is 23.5 Å². The summed E-state index contributed by atoms with van der Waals surface area (Å²) in [6.45, 7) is -1.71. The van der Waals surface area contributed by atoms with Crippen LogP contribution in [0.25, 0.3) is 11.4 Å². The van der Waals surface area contributed by atoms with Gasteiger partial charge in [-0.3, -0.25) is 4.79 Å². The third-order valence-corrected chi connectivity index (χ3v) is 5.29. The van der Waals surface area contributed by atoms with Gasteiger partial charge in [0.15, 0.2) is 18.2 Å². The number of anilines is 2. The lowest BCUT2D eigenvalue weighted by molar-refractivity contribution is -0.154. The van der Waals surface area contributed by atoms with E-state index in [9.17, 15) is 31.1 Å². The highest BCUT2D eigenvalue weighted by atomic mass is 19.4. The number of rotatable bonds is 8. The van der Waals surface area contributed by atoms with Crippen molar-refractivity contribution < 1.29 is 35.9 Å². The van der Waals surface area contributed by atoms with Gasteiger partial charge < -0.3 is 10.1 Å². The number of ether oxygens (including phenoxy) is 1. The molecule has 13 heteroatoms. The minimum Gasteiger partial charge on any atom is -0.454 e. The number of nitrogens with one attached hydrogen (secondary N) is 1. The molecule has 7 nitrogen and oxygen atoms in total. The Bertz CT molecular complexity index is 1580. The molecule has 0 aliphatic heterocycles. The van der Waals surface area contributed by atoms with E-state index in [0.29, 0.717) is 16.7 Å². The van der Waals surface area contributed by atoms with Gasteiger partial charge in [-0.15, -0.1) is 0 Å². The van der Waals surface area contributed by atoms with Crippen molar-refractivity contribution in [3.63, 3.8) is 0 Å². The number of ketones is 1. The fourth-order valence-corrected chi connectivity index (χ4v) is 3.52. The van der Waals surface area contributed by atoms with Crippen LogP contribution in [0.2, 0.25) is 0 Å². The summed E-state index contributed by atoms with van der Waals surface area (Å²) in [7, 11) is 0. The average molecular weight is 557 g/mol. The average Bonchev–Trinajstić information content (AvgIpc) is 2.91. The number of carbonyl (C=O) groups is 1. The van der Waals surface area contributed by atoms with Gasteiger partial charge in [0.2, 0.25) is 5.95 Å². The third-order valence-electron chi connectivity index (χ3n) is 5.29. The predicted octanol–water partition coefficient (Wildman–Crippen LogP) is 6.54. The lowest BCUT2D eigenvalue weighted by Gasteiger charge is -2.13. The molecule has 0 radical (unpaired) electrons. The second-order valence-corrected chi connectivity index (χ2v) is 8.37. The first kappa shape index (κ1) is 28.0. The zero-order valence-electron chi connectivity index (χ0n) is 20.2. The lowest BCUT2D eigenvalue weighted by Crippen LogP contribution is -2.20. The van der Waals surface area contributed by atoms with E-state index < -0.39 is 30.5 Å². The Hall–Kier alpha value is -4.99. The summed E-state index contributed by atoms with van der Waals surface area (Å²) in [4.78, 5) is 24.6. The number of aromatic nitrogens is 3. The molecule has 4 rings (SSSR count). The first-order valence-electron chi connectivity index (χ1n) is 11.4. The normalized spacial score (nSPS) is 11.5. The molecule has 0 unspecified atom stereocenters. The van der Waals surface area contributed by atoms with Crippen LogP contribution in [0.1, 0.15) is 27.0 Å². The molecular weight excluding hydrogens is 540 g/mol. The first-order valence-corrected chi connectivity index (χ1v) is 11.4. The van der Waals surface area contributed by atoms with Gasteiger partial charge in [0.05, 0.1) is 17.2 Å². The van der Waals surface area contributed by atoms with Gasteiger partial charge in [-0.2, -0.15) is 46.6 Å². The van der Waals surface area contributed by atoms with E-state index in [2.05, 4.69) is 25.0 Å². The minimum atomic E-state index is -4.70. The van der Waals surface area contributed by atoms with Crippen LogP contribution >= 0.6 is 0 Å². The van der Waals surface area contributed by atoms with Crippen molar-refractivity contribution in [2.24, 2.45) is 0 Å². The monoisotopic (exact) mass is 557 g/mol. The summed E-state index contributed by atoms with van der Waals surface area (Å²) < 4.78 is 82.3. The number of Topliss-reactive ketones (excluding diaryl/α,β-unsaturated/α-hetero) is 1. The lowest BCUT2D eigenvalue weighted by atomic mass is 10.00. The molecule has 204 valence electrons. The highest BCUT2D eigenvalue weighted by Crippen LogP contribution is 2.31. The van der Waals surface area contributed by atoms with E-state index in [4.69, 9.17) is 5.26 Å². The third kappa shape index (κ3) is 7.53. The molecule has 1 heterocycles. The number of benzene rings is 3. The minimum absolute atomic E-state index is 0.0689. The number of hydrogen-bond donors (Lipinski definition) is 1. The van der Waals surface area contributed by atoms with Gasteiger partial charge in [0.25, 0.3) is 0 Å². The van der Waals surface area contributed by atoms with E-state index in [0.717, 1.165) is 18.2 Å². The molecule has 0 spiro atoms. The van der Waals surface area contributed by atoms with E-state index >= 15 is 0 Å². The van der Waals surface area contributed by atoms with Gasteiger partial charge in [-0.25, -0.2) is 0 Å². The van der Waals surface area contributed by atoms with Gasteiger partial charge in [0, 0.05) is 23.2 Å². The highest BCUT2D eigenvalue weighted by molar-refractivity contribution is 5.97. The zero-order chi connectivity index (χ0) is 28.9. The van der Waals surface area contributed by atoms with Crippen LogP contribution in [-0.2, 0) is 12.6 Å². The van der Waals surface area contributed by atoms with Crippen LogP contribution in [0, 0.1) is 11.3 Å². The van der Waals surface area contributed by atoms with Crippen LogP contribution in [0.15, 0.2) is 72.8 Å². The molecule has 0 atom stereocenters. The number of nitrogens with zero attached hydrogens (tertiary/aromatic N) is 4. The largest absolute Gasteiger partial charge is 0.454 e. The smallest absolute Gasteiger partial charge is 0.422 e. The quantitative estimate of drug-likeness (QED) is 0.194. The summed E-state index contributed by atoms with van der Waals surface area (Å²) in [5.41, 5.74) is 0.389. The number of nitriles is 1. The Morgan fingerprint density at radius 3 is 2.38 bits per heavy atom. The topological polar surface area (TPSA) is 101 Å². The summed E-state index contributed by atoms with van der Waals surface area (Å²) in [5.74, 6) is -0.801. The molecule has 3 aromatic carbocycles. The number of carbonyl (C=O) groups excluding carboxylic acids is 1. The van der Waals surface area contributed by atoms with E-state index in [-0.39, 0.29) is 35.2 Å². The summed E-state index contributed by atoms with van der Waals surface area (Å²) >= 11 is 0. The standard InChI is InChI=1S/C27H17F6N5O2/c28-26(29,30)15-40-25-37-23(36-24(38-25)35-21-9-3-8-20(13-21)27(31,32)33)19-7-1-4-16(10-19)12-22(39)18-6-2-5-17(11-18)14-34/h1-11,13H,12,15H2,(H,35,36,37,38). The fourth-order valence-electron chi connectivity index (χ4n) is 3.52. The van der Waals surface area contributed by atoms with Gasteiger partial charge >= 0.3 is 18.4 Å². The van der Waals surface area contributed by atoms with Crippen LogP contribution in [-0.4, -0.2) is 33.5 Å². The van der Waals surface area contributed by atoms with Crippen LogP contribution in [0.3, 0.4) is 0 Å². The molecule has 0 bridgehead atoms. The SMILES string of the molecule is N#Cc1cccc(C(=O)Cc2cccc(-c3nc(Nc4cccc(C(F)(F)F)c4)nc(OCC(F)(F)F)n3)c2)c1. The number of hydrogen-bond acceptors (Lipinski definition) is 7. The molecule has 40 heavy (non-hydrogen) atoms. The van der Waals surface area contributed by atoms with E-state index in [1.54, 1.807) is 30.3 Å². The molecule has 0 fully saturated rings. The van der Waals surface area contributed by atoms with Gasteiger partial charge in [-0.1, -0.05) is 36.4 Å². The summed E-state index contributed by atoms with van der Waals surface area (Å²) in [6, 6.07) is 17.7. The second-order valence-electron chi connectivity index (χ2n) is 8.37. The first-order chi connectivity index (χ1) is 18.9. The Kier molecular flexibility index (Phi) is 7.99. The Morgan fingerprint density at radius 1 is 0.900 bits per heavy atom. The molecular formula is C27H17F6N5O2. The maximum Gasteiger partial charge on any atom is 0.422 e.